The minimum atomic E-state index is -1.41. The zero-order valence-electron chi connectivity index (χ0n) is 23.9. The number of carbonyl (C=O) groups excluding carboxylic acids is 4. The number of hydrogen-bond donors (Lipinski definition) is 1. The Labute approximate surface area is 254 Å². The van der Waals surface area contributed by atoms with Crippen LogP contribution >= 0.6 is 0 Å². The summed E-state index contributed by atoms with van der Waals surface area (Å²) in [4.78, 5) is 56.8. The molecule has 3 unspecified atom stereocenters. The number of β-lactam (4-membered cyclic amide) rings is 1. The number of ether oxygens (including phenoxy) is 1. The fourth-order valence-electron chi connectivity index (χ4n) is 5.85. The molecule has 1 N–H and O–H groups in total. The molecule has 0 spiro atoms. The third-order valence-electron chi connectivity index (χ3n) is 7.98. The van der Waals surface area contributed by atoms with Crippen molar-refractivity contribution in [3.05, 3.63) is 149 Å². The molecule has 3 amide bonds. The van der Waals surface area contributed by atoms with Crippen LogP contribution in [0, 0.1) is 0 Å². The van der Waals surface area contributed by atoms with Gasteiger partial charge in [-0.05, 0) is 35.7 Å². The predicted octanol–water partition coefficient (Wildman–Crippen LogP) is 4.66. The van der Waals surface area contributed by atoms with Gasteiger partial charge in [0.05, 0.1) is 23.3 Å². The Balaban J connectivity index is 1.35. The highest BCUT2D eigenvalue weighted by Crippen LogP contribution is 2.37. The van der Waals surface area contributed by atoms with E-state index in [0.717, 1.165) is 21.6 Å². The monoisotopic (exact) mass is 586 g/mol. The van der Waals surface area contributed by atoms with Crippen LogP contribution in [-0.2, 0) is 14.3 Å². The van der Waals surface area contributed by atoms with Crippen molar-refractivity contribution in [2.45, 2.75) is 37.3 Å². The number of aliphatic hydroxyl groups is 1. The maximum atomic E-state index is 13.9. The molecule has 4 atom stereocenters. The fourth-order valence-corrected chi connectivity index (χ4v) is 5.85. The Kier molecular flexibility index (Phi) is 7.91. The average Bonchev–Trinajstić information content (AvgIpc) is 3.30. The Bertz CT molecular complexity index is 1650. The summed E-state index contributed by atoms with van der Waals surface area (Å²) in [7, 11) is 0. The van der Waals surface area contributed by atoms with Crippen molar-refractivity contribution in [1.29, 1.82) is 0 Å². The maximum Gasteiger partial charge on any atom is 0.332 e. The van der Waals surface area contributed by atoms with E-state index in [-0.39, 0.29) is 11.1 Å². The van der Waals surface area contributed by atoms with Crippen LogP contribution in [0.1, 0.15) is 50.4 Å². The number of carbonyl (C=O) groups is 4. The lowest BCUT2D eigenvalue weighted by Crippen LogP contribution is -2.75. The first-order valence-electron chi connectivity index (χ1n) is 14.4. The lowest BCUT2D eigenvalue weighted by Gasteiger charge is -2.51. The molecule has 44 heavy (non-hydrogen) atoms. The number of fused-ring (bicyclic) bond motifs is 1. The number of rotatable bonds is 9. The molecule has 1 fully saturated rings. The molecule has 1 saturated heterocycles. The van der Waals surface area contributed by atoms with E-state index in [9.17, 15) is 24.3 Å². The van der Waals surface area contributed by atoms with Gasteiger partial charge in [0.2, 0.25) is 5.91 Å². The van der Waals surface area contributed by atoms with Crippen LogP contribution in [0.5, 0.6) is 0 Å². The van der Waals surface area contributed by atoms with E-state index < -0.39 is 54.0 Å². The minimum Gasteiger partial charge on any atom is -0.451 e. The zero-order valence-corrected chi connectivity index (χ0v) is 23.9. The Morgan fingerprint density at radius 3 is 1.73 bits per heavy atom. The number of esters is 1. The van der Waals surface area contributed by atoms with Gasteiger partial charge in [0, 0.05) is 0 Å². The number of benzene rings is 4. The van der Waals surface area contributed by atoms with E-state index in [2.05, 4.69) is 0 Å². The third-order valence-corrected chi connectivity index (χ3v) is 7.98. The smallest absolute Gasteiger partial charge is 0.332 e. The van der Waals surface area contributed by atoms with Crippen molar-refractivity contribution in [3.63, 3.8) is 0 Å². The second-order valence-electron chi connectivity index (χ2n) is 10.8. The molecule has 4 aromatic carbocycles. The van der Waals surface area contributed by atoms with Crippen LogP contribution < -0.4 is 0 Å². The van der Waals surface area contributed by atoms with Gasteiger partial charge < -0.3 is 14.7 Å². The molecular formula is C36H30N2O6. The Hall–Kier alpha value is -5.34. The first-order valence-corrected chi connectivity index (χ1v) is 14.4. The molecule has 0 aliphatic carbocycles. The summed E-state index contributed by atoms with van der Waals surface area (Å²) in [5, 5.41) is 10.9. The molecule has 0 bridgehead atoms. The van der Waals surface area contributed by atoms with Gasteiger partial charge in [-0.15, -0.1) is 0 Å². The van der Waals surface area contributed by atoms with Crippen molar-refractivity contribution in [2.24, 2.45) is 0 Å². The Morgan fingerprint density at radius 2 is 1.23 bits per heavy atom. The molecule has 0 radical (unpaired) electrons. The fraction of sp³-hybridized carbons (Fsp3) is 0.167. The number of nitrogens with zero attached hydrogens (tertiary/aromatic N) is 2. The van der Waals surface area contributed by atoms with Gasteiger partial charge in [-0.1, -0.05) is 115 Å². The van der Waals surface area contributed by atoms with Gasteiger partial charge in [0.25, 0.3) is 11.8 Å². The Morgan fingerprint density at radius 1 is 0.750 bits per heavy atom. The third kappa shape index (κ3) is 5.20. The van der Waals surface area contributed by atoms with Gasteiger partial charge in [-0.25, -0.2) is 4.79 Å². The molecule has 2 aliphatic rings. The summed E-state index contributed by atoms with van der Waals surface area (Å²) < 4.78 is 6.05. The molecule has 220 valence electrons. The van der Waals surface area contributed by atoms with E-state index in [1.807, 2.05) is 91.0 Å². The number of likely N-dealkylation sites (tertiary alicyclic amines) is 1. The van der Waals surface area contributed by atoms with Crippen LogP contribution in [0.2, 0.25) is 0 Å². The van der Waals surface area contributed by atoms with Gasteiger partial charge in [0.1, 0.15) is 6.04 Å². The molecule has 2 heterocycles. The maximum absolute atomic E-state index is 13.9. The van der Waals surface area contributed by atoms with Gasteiger partial charge >= 0.3 is 5.97 Å². The average molecular weight is 587 g/mol. The van der Waals surface area contributed by atoms with Gasteiger partial charge in [0.15, 0.2) is 12.1 Å². The summed E-state index contributed by atoms with van der Waals surface area (Å²) in [5.74, 6) is -2.61. The van der Waals surface area contributed by atoms with E-state index >= 15 is 0 Å². The summed E-state index contributed by atoms with van der Waals surface area (Å²) in [6.45, 7) is 1.41. The quantitative estimate of drug-likeness (QED) is 0.174. The SMILES string of the molecule is C[C@@H](O)C(C(=O)OC(c1ccccc1)c1ccccc1)N1C(=O)C(N2C(=O)c3ccccc3C2=O)C1C=Cc1ccccc1. The predicted molar refractivity (Wildman–Crippen MR) is 163 cm³/mol. The van der Waals surface area contributed by atoms with E-state index in [1.165, 1.54) is 11.8 Å². The number of amides is 3. The summed E-state index contributed by atoms with van der Waals surface area (Å²) >= 11 is 0. The number of imide groups is 1. The lowest BCUT2D eigenvalue weighted by molar-refractivity contribution is -0.176. The van der Waals surface area contributed by atoms with Crippen LogP contribution in [0.4, 0.5) is 0 Å². The van der Waals surface area contributed by atoms with Gasteiger partial charge in [-0.3, -0.25) is 19.3 Å². The molecule has 6 rings (SSSR count). The van der Waals surface area contributed by atoms with Gasteiger partial charge in [-0.2, -0.15) is 0 Å². The zero-order chi connectivity index (χ0) is 30.8. The standard InChI is InChI=1S/C36H30N2O6/c1-23(39)30(36(43)44-32(25-15-7-3-8-16-25)26-17-9-4-10-18-26)37-29(22-21-24-13-5-2-6-14-24)31(35(37)42)38-33(40)27-19-11-12-20-28(27)34(38)41/h2-23,29-32,39H,1H3/t23-,29?,30?,31?/m1/s1. The first-order chi connectivity index (χ1) is 21.4. The molecule has 0 saturated carbocycles. The molecular weight excluding hydrogens is 556 g/mol. The lowest BCUT2D eigenvalue weighted by atomic mass is 9.88. The van der Waals surface area contributed by atoms with Crippen molar-refractivity contribution in [1.82, 2.24) is 9.80 Å². The van der Waals surface area contributed by atoms with E-state index in [4.69, 9.17) is 4.74 Å². The largest absolute Gasteiger partial charge is 0.451 e. The first kappa shape index (κ1) is 28.8. The highest BCUT2D eigenvalue weighted by molar-refractivity contribution is 6.23. The van der Waals surface area contributed by atoms with Crippen LogP contribution in [0.15, 0.2) is 121 Å². The molecule has 8 nitrogen and oxygen atoms in total. The van der Waals surface area contributed by atoms with Crippen molar-refractivity contribution < 1.29 is 29.0 Å². The van der Waals surface area contributed by atoms with Crippen molar-refractivity contribution >= 4 is 29.8 Å². The summed E-state index contributed by atoms with van der Waals surface area (Å²) in [5.41, 5.74) is 2.69. The van der Waals surface area contributed by atoms with Crippen molar-refractivity contribution in [3.8, 4) is 0 Å². The highest BCUT2D eigenvalue weighted by atomic mass is 16.5. The molecule has 0 aromatic heterocycles. The van der Waals surface area contributed by atoms with Crippen LogP contribution in [0.25, 0.3) is 6.08 Å². The van der Waals surface area contributed by atoms with E-state index in [0.29, 0.717) is 0 Å². The highest BCUT2D eigenvalue weighted by Gasteiger charge is 2.59. The summed E-state index contributed by atoms with van der Waals surface area (Å²) in [6, 6.07) is 30.6. The topological polar surface area (TPSA) is 104 Å². The normalized spacial score (nSPS) is 19.2. The molecule has 4 aromatic rings. The van der Waals surface area contributed by atoms with Crippen LogP contribution in [0.3, 0.4) is 0 Å². The minimum absolute atomic E-state index is 0.217. The summed E-state index contributed by atoms with van der Waals surface area (Å²) in [6.07, 6.45) is 1.32. The number of aliphatic hydroxyl groups excluding tert-OH is 1. The van der Waals surface area contributed by atoms with Crippen LogP contribution in [-0.4, -0.2) is 62.8 Å². The second-order valence-corrected chi connectivity index (χ2v) is 10.8. The van der Waals surface area contributed by atoms with Crippen molar-refractivity contribution in [2.75, 3.05) is 0 Å². The molecule has 8 heteroatoms. The molecule has 2 aliphatic heterocycles. The second kappa shape index (κ2) is 12.1. The van der Waals surface area contributed by atoms with E-state index in [1.54, 1.807) is 36.4 Å². The number of hydrogen-bond acceptors (Lipinski definition) is 6.